The number of aliphatic hydroxyl groups is 1. The number of aliphatic hydroxyl groups excluding tert-OH is 1. The van der Waals surface area contributed by atoms with E-state index in [4.69, 9.17) is 18.9 Å². The van der Waals surface area contributed by atoms with E-state index in [0.717, 1.165) is 0 Å². The van der Waals surface area contributed by atoms with E-state index >= 15 is 0 Å². The fraction of sp³-hybridized carbons (Fsp3) is 0.385. The molecule has 1 aliphatic rings. The fourth-order valence-corrected chi connectivity index (χ4v) is 4.01. The van der Waals surface area contributed by atoms with Gasteiger partial charge in [0, 0.05) is 26.3 Å². The quantitative estimate of drug-likeness (QED) is 0.244. The van der Waals surface area contributed by atoms with Crippen LogP contribution in [0.5, 0.6) is 17.2 Å². The number of carbonyl (C=O) groups excluding carboxylic acids is 2. The third-order valence-corrected chi connectivity index (χ3v) is 5.50. The Kier molecular flexibility index (Phi) is 8.17. The zero-order chi connectivity index (χ0) is 24.8. The largest absolute Gasteiger partial charge is 0.507 e. The van der Waals surface area contributed by atoms with Crippen molar-refractivity contribution in [2.75, 3.05) is 34.5 Å². The van der Waals surface area contributed by atoms with Crippen molar-refractivity contribution in [3.63, 3.8) is 0 Å². The molecule has 182 valence electrons. The number of hydrogen-bond acceptors (Lipinski definition) is 7. The first-order valence-corrected chi connectivity index (χ1v) is 11.1. The van der Waals surface area contributed by atoms with Gasteiger partial charge in [0.2, 0.25) is 0 Å². The minimum absolute atomic E-state index is 0.00687. The first kappa shape index (κ1) is 25.1. The van der Waals surface area contributed by atoms with E-state index in [9.17, 15) is 14.7 Å². The molecule has 1 aliphatic heterocycles. The number of Topliss-reactive ketones (excluding diaryl/α,β-unsaturated/α-hetero) is 1. The number of likely N-dealkylation sites (tertiary alicyclic amines) is 1. The molecular weight excluding hydrogens is 438 g/mol. The Labute approximate surface area is 199 Å². The number of ether oxygens (including phenoxy) is 4. The fourth-order valence-electron chi connectivity index (χ4n) is 4.01. The predicted octanol–water partition coefficient (Wildman–Crippen LogP) is 3.95. The highest BCUT2D eigenvalue weighted by molar-refractivity contribution is 6.46. The molecule has 0 bridgehead atoms. The van der Waals surface area contributed by atoms with Crippen molar-refractivity contribution in [1.29, 1.82) is 0 Å². The maximum atomic E-state index is 13.2. The van der Waals surface area contributed by atoms with E-state index in [0.29, 0.717) is 35.8 Å². The van der Waals surface area contributed by atoms with Crippen LogP contribution in [0, 0.1) is 0 Å². The Morgan fingerprint density at radius 3 is 2.44 bits per heavy atom. The van der Waals surface area contributed by atoms with E-state index in [2.05, 4.69) is 0 Å². The van der Waals surface area contributed by atoms with Gasteiger partial charge in [-0.2, -0.15) is 0 Å². The standard InChI is InChI=1S/C26H31NO7/c1-16(2)34-19-9-6-8-17(14-19)23-22(25(29)26(30)27(23)12-7-13-31-3)24(28)20-11-10-18(32-4)15-21(20)33-5/h6,8-11,14-16,23,28H,7,12-13H2,1-5H3/b24-22-. The molecule has 34 heavy (non-hydrogen) atoms. The smallest absolute Gasteiger partial charge is 0.295 e. The second-order valence-corrected chi connectivity index (χ2v) is 8.14. The average molecular weight is 470 g/mol. The molecule has 1 amide bonds. The lowest BCUT2D eigenvalue weighted by atomic mass is 9.94. The maximum absolute atomic E-state index is 13.2. The van der Waals surface area contributed by atoms with Gasteiger partial charge in [-0.3, -0.25) is 9.59 Å². The summed E-state index contributed by atoms with van der Waals surface area (Å²) in [6.45, 7) is 4.55. The summed E-state index contributed by atoms with van der Waals surface area (Å²) in [4.78, 5) is 27.7. The Morgan fingerprint density at radius 1 is 1.03 bits per heavy atom. The molecule has 3 rings (SSSR count). The molecule has 0 spiro atoms. The van der Waals surface area contributed by atoms with Crippen LogP contribution in [0.15, 0.2) is 48.0 Å². The monoisotopic (exact) mass is 469 g/mol. The maximum Gasteiger partial charge on any atom is 0.295 e. The van der Waals surface area contributed by atoms with Gasteiger partial charge < -0.3 is 29.0 Å². The molecule has 1 heterocycles. The Hall–Kier alpha value is -3.52. The van der Waals surface area contributed by atoms with E-state index in [1.165, 1.54) is 19.1 Å². The zero-order valence-corrected chi connectivity index (χ0v) is 20.2. The summed E-state index contributed by atoms with van der Waals surface area (Å²) in [7, 11) is 4.56. The van der Waals surface area contributed by atoms with Gasteiger partial charge in [-0.05, 0) is 50.1 Å². The molecule has 8 heteroatoms. The summed E-state index contributed by atoms with van der Waals surface area (Å²) < 4.78 is 21.6. The molecule has 1 N–H and O–H groups in total. The van der Waals surface area contributed by atoms with Crippen LogP contribution in [0.1, 0.15) is 37.4 Å². The summed E-state index contributed by atoms with van der Waals surface area (Å²) in [6, 6.07) is 11.3. The third-order valence-electron chi connectivity index (χ3n) is 5.50. The van der Waals surface area contributed by atoms with Crippen molar-refractivity contribution in [2.45, 2.75) is 32.4 Å². The zero-order valence-electron chi connectivity index (χ0n) is 20.2. The van der Waals surface area contributed by atoms with Crippen molar-refractivity contribution in [3.05, 3.63) is 59.2 Å². The number of methoxy groups -OCH3 is 3. The summed E-state index contributed by atoms with van der Waals surface area (Å²) >= 11 is 0. The lowest BCUT2D eigenvalue weighted by molar-refractivity contribution is -0.140. The molecule has 0 aromatic heterocycles. The van der Waals surface area contributed by atoms with Crippen LogP contribution in [0.2, 0.25) is 0 Å². The van der Waals surface area contributed by atoms with Crippen LogP contribution < -0.4 is 14.2 Å². The summed E-state index contributed by atoms with van der Waals surface area (Å²) in [5, 5.41) is 11.3. The predicted molar refractivity (Wildman–Crippen MR) is 127 cm³/mol. The molecule has 2 aromatic carbocycles. The number of nitrogens with zero attached hydrogens (tertiary/aromatic N) is 1. The lowest BCUT2D eigenvalue weighted by Crippen LogP contribution is -2.31. The van der Waals surface area contributed by atoms with Crippen molar-refractivity contribution < 1.29 is 33.6 Å². The van der Waals surface area contributed by atoms with Crippen molar-refractivity contribution in [2.24, 2.45) is 0 Å². The second kappa shape index (κ2) is 11.1. The first-order valence-electron chi connectivity index (χ1n) is 11.1. The minimum Gasteiger partial charge on any atom is -0.507 e. The topological polar surface area (TPSA) is 94.5 Å². The Morgan fingerprint density at radius 2 is 1.79 bits per heavy atom. The lowest BCUT2D eigenvalue weighted by Gasteiger charge is -2.26. The van der Waals surface area contributed by atoms with Crippen molar-refractivity contribution in [1.82, 2.24) is 4.90 Å². The number of amides is 1. The van der Waals surface area contributed by atoms with Crippen LogP contribution in [0.4, 0.5) is 0 Å². The molecular formula is C26H31NO7. The first-order chi connectivity index (χ1) is 16.3. The third kappa shape index (κ3) is 5.17. The van der Waals surface area contributed by atoms with Crippen LogP contribution in [-0.4, -0.2) is 62.3 Å². The SMILES string of the molecule is COCCCN1C(=O)C(=O)/C(=C(\O)c2ccc(OC)cc2OC)C1c1cccc(OC(C)C)c1. The van der Waals surface area contributed by atoms with E-state index in [-0.39, 0.29) is 29.5 Å². The van der Waals surface area contributed by atoms with Gasteiger partial charge in [0.25, 0.3) is 11.7 Å². The van der Waals surface area contributed by atoms with E-state index in [1.807, 2.05) is 26.0 Å². The van der Waals surface area contributed by atoms with Crippen molar-refractivity contribution in [3.8, 4) is 17.2 Å². The van der Waals surface area contributed by atoms with Gasteiger partial charge in [0.15, 0.2) is 0 Å². The highest BCUT2D eigenvalue weighted by atomic mass is 16.5. The van der Waals surface area contributed by atoms with E-state index < -0.39 is 17.7 Å². The van der Waals surface area contributed by atoms with Crippen LogP contribution >= 0.6 is 0 Å². The number of ketones is 1. The summed E-state index contributed by atoms with van der Waals surface area (Å²) in [6.07, 6.45) is 0.487. The molecule has 1 saturated heterocycles. The van der Waals surface area contributed by atoms with Gasteiger partial charge >= 0.3 is 0 Å². The van der Waals surface area contributed by atoms with Gasteiger partial charge in [-0.25, -0.2) is 0 Å². The highest BCUT2D eigenvalue weighted by Crippen LogP contribution is 2.42. The minimum atomic E-state index is -0.792. The van der Waals surface area contributed by atoms with Crippen LogP contribution in [-0.2, 0) is 14.3 Å². The molecule has 8 nitrogen and oxygen atoms in total. The number of rotatable bonds is 10. The number of hydrogen-bond donors (Lipinski definition) is 1. The van der Waals surface area contributed by atoms with Gasteiger partial charge in [-0.15, -0.1) is 0 Å². The Balaban J connectivity index is 2.17. The molecule has 0 radical (unpaired) electrons. The van der Waals surface area contributed by atoms with Gasteiger partial charge in [-0.1, -0.05) is 12.1 Å². The molecule has 1 atom stereocenters. The summed E-state index contributed by atoms with van der Waals surface area (Å²) in [5.74, 6) is -0.288. The van der Waals surface area contributed by atoms with Gasteiger partial charge in [0.05, 0.1) is 37.5 Å². The van der Waals surface area contributed by atoms with Gasteiger partial charge in [0.1, 0.15) is 23.0 Å². The second-order valence-electron chi connectivity index (χ2n) is 8.14. The average Bonchev–Trinajstić information content (AvgIpc) is 3.08. The van der Waals surface area contributed by atoms with E-state index in [1.54, 1.807) is 37.4 Å². The highest BCUT2D eigenvalue weighted by Gasteiger charge is 2.46. The Bertz CT molecular complexity index is 1080. The molecule has 1 fully saturated rings. The molecule has 1 unspecified atom stereocenters. The normalized spacial score (nSPS) is 17.4. The number of carbonyl (C=O) groups is 2. The number of benzene rings is 2. The molecule has 0 saturated carbocycles. The molecule has 0 aliphatic carbocycles. The van der Waals surface area contributed by atoms with Crippen LogP contribution in [0.3, 0.4) is 0 Å². The van der Waals surface area contributed by atoms with Crippen LogP contribution in [0.25, 0.3) is 5.76 Å². The summed E-state index contributed by atoms with van der Waals surface area (Å²) in [5.41, 5.74) is 0.939. The van der Waals surface area contributed by atoms with Crippen molar-refractivity contribution >= 4 is 17.4 Å². The molecule has 2 aromatic rings.